The largest absolute Gasteiger partial charge is 0.493 e. The first-order valence-electron chi connectivity index (χ1n) is 9.60. The SMILES string of the molecule is CCOc1ccccc1C(=O)NC(=S)N1CCNC(=O)C1CC(=O)OCC(C)C. The molecule has 1 aliphatic heterocycles. The number of amides is 2. The van der Waals surface area contributed by atoms with E-state index in [-0.39, 0.29) is 30.0 Å². The van der Waals surface area contributed by atoms with Crippen molar-refractivity contribution in [1.82, 2.24) is 15.5 Å². The predicted octanol–water partition coefficient (Wildman–Crippen LogP) is 1.49. The van der Waals surface area contributed by atoms with Crippen molar-refractivity contribution in [2.75, 3.05) is 26.3 Å². The molecule has 1 saturated heterocycles. The molecule has 1 unspecified atom stereocenters. The lowest BCUT2D eigenvalue weighted by Gasteiger charge is -2.36. The Bertz CT molecular complexity index is 768. The maximum Gasteiger partial charge on any atom is 0.308 e. The average molecular weight is 422 g/mol. The van der Waals surface area contributed by atoms with Gasteiger partial charge in [0.15, 0.2) is 5.11 Å². The van der Waals surface area contributed by atoms with Crippen molar-refractivity contribution in [1.29, 1.82) is 0 Å². The first-order valence-corrected chi connectivity index (χ1v) is 10.0. The number of thiocarbonyl (C=S) groups is 1. The van der Waals surface area contributed by atoms with E-state index in [0.717, 1.165) is 0 Å². The zero-order chi connectivity index (χ0) is 21.4. The number of nitrogens with zero attached hydrogens (tertiary/aromatic N) is 1. The van der Waals surface area contributed by atoms with Crippen LogP contribution in [0.3, 0.4) is 0 Å². The number of rotatable bonds is 7. The molecular weight excluding hydrogens is 394 g/mol. The van der Waals surface area contributed by atoms with Crippen molar-refractivity contribution < 1.29 is 23.9 Å². The van der Waals surface area contributed by atoms with Crippen LogP contribution in [-0.4, -0.2) is 60.1 Å². The van der Waals surface area contributed by atoms with E-state index in [4.69, 9.17) is 21.7 Å². The smallest absolute Gasteiger partial charge is 0.308 e. The van der Waals surface area contributed by atoms with E-state index in [1.165, 1.54) is 0 Å². The van der Waals surface area contributed by atoms with Gasteiger partial charge in [0.25, 0.3) is 5.91 Å². The lowest BCUT2D eigenvalue weighted by Crippen LogP contribution is -2.60. The van der Waals surface area contributed by atoms with Crippen molar-refractivity contribution in [3.05, 3.63) is 29.8 Å². The van der Waals surface area contributed by atoms with Crippen molar-refractivity contribution in [2.45, 2.75) is 33.2 Å². The molecule has 1 aromatic rings. The highest BCUT2D eigenvalue weighted by atomic mass is 32.1. The summed E-state index contributed by atoms with van der Waals surface area (Å²) < 4.78 is 10.7. The molecule has 2 amide bonds. The summed E-state index contributed by atoms with van der Waals surface area (Å²) in [5.41, 5.74) is 0.339. The van der Waals surface area contributed by atoms with Crippen LogP contribution in [0.1, 0.15) is 37.6 Å². The van der Waals surface area contributed by atoms with Gasteiger partial charge in [0.2, 0.25) is 5.91 Å². The molecule has 0 spiro atoms. The number of hydrogen-bond donors (Lipinski definition) is 2. The van der Waals surface area contributed by atoms with Crippen molar-refractivity contribution >= 4 is 35.1 Å². The van der Waals surface area contributed by atoms with E-state index >= 15 is 0 Å². The number of carbonyl (C=O) groups is 3. The number of benzene rings is 1. The van der Waals surface area contributed by atoms with Gasteiger partial charge in [0.1, 0.15) is 11.8 Å². The summed E-state index contributed by atoms with van der Waals surface area (Å²) >= 11 is 5.37. The van der Waals surface area contributed by atoms with Gasteiger partial charge in [0, 0.05) is 13.1 Å². The quantitative estimate of drug-likeness (QED) is 0.509. The second-order valence-corrected chi connectivity index (χ2v) is 7.36. The van der Waals surface area contributed by atoms with Crippen LogP contribution in [0.25, 0.3) is 0 Å². The molecule has 1 aliphatic rings. The molecule has 2 N–H and O–H groups in total. The van der Waals surface area contributed by atoms with Crippen LogP contribution in [0.4, 0.5) is 0 Å². The van der Waals surface area contributed by atoms with Crippen LogP contribution in [-0.2, 0) is 14.3 Å². The van der Waals surface area contributed by atoms with E-state index < -0.39 is 17.9 Å². The van der Waals surface area contributed by atoms with E-state index in [1.54, 1.807) is 29.2 Å². The lowest BCUT2D eigenvalue weighted by molar-refractivity contribution is -0.148. The Labute approximate surface area is 175 Å². The summed E-state index contributed by atoms with van der Waals surface area (Å²) in [5.74, 6) is -0.613. The first-order chi connectivity index (χ1) is 13.8. The van der Waals surface area contributed by atoms with Gasteiger partial charge in [-0.1, -0.05) is 26.0 Å². The van der Waals surface area contributed by atoms with Crippen molar-refractivity contribution in [3.8, 4) is 5.75 Å². The van der Waals surface area contributed by atoms with Gasteiger partial charge in [-0.05, 0) is 37.2 Å². The van der Waals surface area contributed by atoms with Crippen molar-refractivity contribution in [3.63, 3.8) is 0 Å². The molecule has 1 atom stereocenters. The monoisotopic (exact) mass is 421 g/mol. The minimum absolute atomic E-state index is 0.0813. The van der Waals surface area contributed by atoms with Crippen LogP contribution in [0.2, 0.25) is 0 Å². The number of esters is 1. The minimum Gasteiger partial charge on any atom is -0.493 e. The Kier molecular flexibility index (Phi) is 8.38. The third kappa shape index (κ3) is 6.42. The molecule has 0 aliphatic carbocycles. The third-order valence-electron chi connectivity index (χ3n) is 4.18. The topological polar surface area (TPSA) is 97.0 Å². The third-order valence-corrected chi connectivity index (χ3v) is 4.52. The Balaban J connectivity index is 2.07. The molecule has 9 heteroatoms. The van der Waals surface area contributed by atoms with Crippen LogP contribution in [0, 0.1) is 5.92 Å². The highest BCUT2D eigenvalue weighted by Crippen LogP contribution is 2.18. The number of nitrogens with one attached hydrogen (secondary N) is 2. The van der Waals surface area contributed by atoms with Gasteiger partial charge < -0.3 is 19.7 Å². The van der Waals surface area contributed by atoms with E-state index in [0.29, 0.717) is 31.0 Å². The molecule has 1 heterocycles. The molecule has 0 aromatic heterocycles. The van der Waals surface area contributed by atoms with Gasteiger partial charge in [0.05, 0.1) is 25.2 Å². The van der Waals surface area contributed by atoms with Gasteiger partial charge in [-0.2, -0.15) is 0 Å². The highest BCUT2D eigenvalue weighted by molar-refractivity contribution is 7.80. The van der Waals surface area contributed by atoms with Crippen LogP contribution >= 0.6 is 12.2 Å². The van der Waals surface area contributed by atoms with Crippen LogP contribution in [0.15, 0.2) is 24.3 Å². The number of piperazine rings is 1. The Morgan fingerprint density at radius 2 is 2.07 bits per heavy atom. The average Bonchev–Trinajstić information content (AvgIpc) is 2.68. The molecule has 29 heavy (non-hydrogen) atoms. The first kappa shape index (κ1) is 22.6. The molecule has 0 saturated carbocycles. The molecule has 158 valence electrons. The normalized spacial score (nSPS) is 16.2. The number of ether oxygens (including phenoxy) is 2. The van der Waals surface area contributed by atoms with E-state index in [9.17, 15) is 14.4 Å². The van der Waals surface area contributed by atoms with Gasteiger partial charge in [-0.15, -0.1) is 0 Å². The Morgan fingerprint density at radius 1 is 1.34 bits per heavy atom. The molecule has 8 nitrogen and oxygen atoms in total. The van der Waals surface area contributed by atoms with Crippen LogP contribution in [0.5, 0.6) is 5.75 Å². The Hall–Kier alpha value is -2.68. The summed E-state index contributed by atoms with van der Waals surface area (Å²) in [6, 6.07) is 5.99. The molecule has 1 aromatic carbocycles. The number of hydrogen-bond acceptors (Lipinski definition) is 6. The van der Waals surface area contributed by atoms with Crippen molar-refractivity contribution in [2.24, 2.45) is 5.92 Å². The molecule has 2 rings (SSSR count). The fourth-order valence-electron chi connectivity index (χ4n) is 2.81. The number of carbonyl (C=O) groups excluding carboxylic acids is 3. The zero-order valence-corrected chi connectivity index (χ0v) is 17.7. The summed E-state index contributed by atoms with van der Waals surface area (Å²) in [7, 11) is 0. The lowest BCUT2D eigenvalue weighted by atomic mass is 10.1. The predicted molar refractivity (Wildman–Crippen MR) is 112 cm³/mol. The summed E-state index contributed by atoms with van der Waals surface area (Å²) in [5, 5.41) is 5.44. The van der Waals surface area contributed by atoms with Gasteiger partial charge in [-0.3, -0.25) is 19.7 Å². The second-order valence-electron chi connectivity index (χ2n) is 6.97. The van der Waals surface area contributed by atoms with Gasteiger partial charge >= 0.3 is 5.97 Å². The fourth-order valence-corrected chi connectivity index (χ4v) is 3.12. The van der Waals surface area contributed by atoms with E-state index in [2.05, 4.69) is 10.6 Å². The Morgan fingerprint density at radius 3 is 2.76 bits per heavy atom. The zero-order valence-electron chi connectivity index (χ0n) is 16.9. The standard InChI is InChI=1S/C20H27N3O5S/c1-4-27-16-8-6-5-7-14(16)18(25)22-20(29)23-10-9-21-19(26)15(23)11-17(24)28-12-13(2)3/h5-8,13,15H,4,9-12H2,1-3H3,(H,21,26)(H,22,25,29). The molecule has 1 fully saturated rings. The maximum absolute atomic E-state index is 12.7. The highest BCUT2D eigenvalue weighted by Gasteiger charge is 2.34. The maximum atomic E-state index is 12.7. The summed E-state index contributed by atoms with van der Waals surface area (Å²) in [4.78, 5) is 38.7. The fraction of sp³-hybridized carbons (Fsp3) is 0.500. The second kappa shape index (κ2) is 10.8. The number of para-hydroxylation sites is 1. The summed E-state index contributed by atoms with van der Waals surface area (Å²) in [6.45, 7) is 7.12. The molecular formula is C20H27N3O5S. The summed E-state index contributed by atoms with van der Waals surface area (Å²) in [6.07, 6.45) is -0.149. The van der Waals surface area contributed by atoms with E-state index in [1.807, 2.05) is 20.8 Å². The molecule has 0 bridgehead atoms. The molecule has 0 radical (unpaired) electrons. The van der Waals surface area contributed by atoms with Gasteiger partial charge in [-0.25, -0.2) is 0 Å². The minimum atomic E-state index is -0.835. The van der Waals surface area contributed by atoms with Crippen LogP contribution < -0.4 is 15.4 Å².